The van der Waals surface area contributed by atoms with Crippen LogP contribution in [0, 0.1) is 11.3 Å². The molecule has 30 heavy (non-hydrogen) atoms. The summed E-state index contributed by atoms with van der Waals surface area (Å²) in [6.45, 7) is 1.08. The van der Waals surface area contributed by atoms with Gasteiger partial charge in [-0.1, -0.05) is 60.3 Å². The van der Waals surface area contributed by atoms with Crippen LogP contribution in [0.1, 0.15) is 36.6 Å². The predicted octanol–water partition coefficient (Wildman–Crippen LogP) is 4.24. The van der Waals surface area contributed by atoms with Crippen molar-refractivity contribution in [2.45, 2.75) is 36.9 Å². The van der Waals surface area contributed by atoms with Crippen LogP contribution in [0.15, 0.2) is 65.8 Å². The monoisotopic (exact) mass is 417 g/mol. The first-order chi connectivity index (χ1) is 14.8. The highest BCUT2D eigenvalue weighted by atomic mass is 32.2. The highest BCUT2D eigenvalue weighted by Crippen LogP contribution is 2.40. The van der Waals surface area contributed by atoms with E-state index in [9.17, 15) is 4.79 Å². The van der Waals surface area contributed by atoms with Crippen LogP contribution >= 0.6 is 11.8 Å². The van der Waals surface area contributed by atoms with Gasteiger partial charge in [0.2, 0.25) is 5.91 Å². The third-order valence-electron chi connectivity index (χ3n) is 5.01. The first-order valence-electron chi connectivity index (χ1n) is 10.1. The van der Waals surface area contributed by atoms with Crippen molar-refractivity contribution in [3.05, 3.63) is 72.1 Å². The number of nitriles is 1. The molecule has 0 aliphatic heterocycles. The Morgan fingerprint density at radius 1 is 1.10 bits per heavy atom. The lowest BCUT2D eigenvalue weighted by molar-refractivity contribution is -0.116. The molecule has 1 aromatic heterocycles. The number of hydrogen-bond acceptors (Lipinski definition) is 5. The summed E-state index contributed by atoms with van der Waals surface area (Å²) in [6.07, 6.45) is 2.58. The molecule has 152 valence electrons. The van der Waals surface area contributed by atoms with Crippen molar-refractivity contribution in [3.63, 3.8) is 0 Å². The Morgan fingerprint density at radius 2 is 1.80 bits per heavy atom. The van der Waals surface area contributed by atoms with Crippen molar-refractivity contribution in [2.24, 2.45) is 0 Å². The second-order valence-electron chi connectivity index (χ2n) is 7.26. The molecule has 1 heterocycles. The van der Waals surface area contributed by atoms with Gasteiger partial charge in [-0.2, -0.15) is 5.26 Å². The molecular formula is C23H23N5OS. The van der Waals surface area contributed by atoms with Crippen LogP contribution in [-0.4, -0.2) is 33.0 Å². The number of aromatic nitrogens is 3. The molecule has 0 spiro atoms. The molecular weight excluding hydrogens is 394 g/mol. The van der Waals surface area contributed by atoms with Gasteiger partial charge in [-0.15, -0.1) is 10.2 Å². The van der Waals surface area contributed by atoms with Crippen LogP contribution in [-0.2, 0) is 11.3 Å². The molecule has 3 aromatic rings. The number of hydrogen-bond donors (Lipinski definition) is 0. The van der Waals surface area contributed by atoms with Crippen LogP contribution in [0.2, 0.25) is 0 Å². The predicted molar refractivity (Wildman–Crippen MR) is 117 cm³/mol. The molecule has 0 N–H and O–H groups in total. The lowest BCUT2D eigenvalue weighted by atomic mass is 10.2. The molecule has 1 amide bonds. The van der Waals surface area contributed by atoms with Crippen molar-refractivity contribution >= 4 is 23.4 Å². The van der Waals surface area contributed by atoms with Gasteiger partial charge in [-0.05, 0) is 30.5 Å². The lowest BCUT2D eigenvalue weighted by Gasteiger charge is -2.21. The normalized spacial score (nSPS) is 13.0. The van der Waals surface area contributed by atoms with Gasteiger partial charge in [-0.25, -0.2) is 0 Å². The van der Waals surface area contributed by atoms with E-state index in [1.54, 1.807) is 4.90 Å². The maximum absolute atomic E-state index is 13.0. The van der Waals surface area contributed by atoms with Crippen molar-refractivity contribution in [1.82, 2.24) is 14.8 Å². The third-order valence-corrected chi connectivity index (χ3v) is 5.96. The first kappa shape index (κ1) is 20.2. The van der Waals surface area contributed by atoms with E-state index in [-0.39, 0.29) is 11.7 Å². The summed E-state index contributed by atoms with van der Waals surface area (Å²) in [4.78, 5) is 14.7. The van der Waals surface area contributed by atoms with Gasteiger partial charge in [0.05, 0.1) is 24.8 Å². The Kier molecular flexibility index (Phi) is 6.45. The topological polar surface area (TPSA) is 74.8 Å². The average Bonchev–Trinajstić information content (AvgIpc) is 3.55. The van der Waals surface area contributed by atoms with Crippen LogP contribution < -0.4 is 4.90 Å². The Labute approximate surface area is 180 Å². The zero-order chi connectivity index (χ0) is 20.8. The van der Waals surface area contributed by atoms with Gasteiger partial charge in [0.15, 0.2) is 5.16 Å². The minimum Gasteiger partial charge on any atom is -0.311 e. The van der Waals surface area contributed by atoms with E-state index in [1.807, 2.05) is 48.5 Å². The van der Waals surface area contributed by atoms with Gasteiger partial charge >= 0.3 is 0 Å². The van der Waals surface area contributed by atoms with Gasteiger partial charge in [-0.3, -0.25) is 4.79 Å². The summed E-state index contributed by atoms with van der Waals surface area (Å²) in [5.41, 5.74) is 2.00. The minimum absolute atomic E-state index is 0.0383. The Morgan fingerprint density at radius 3 is 2.47 bits per heavy atom. The zero-order valence-electron chi connectivity index (χ0n) is 16.6. The summed E-state index contributed by atoms with van der Waals surface area (Å²) in [5.74, 6) is 1.70. The fraction of sp³-hybridized carbons (Fsp3) is 0.304. The van der Waals surface area contributed by atoms with Crippen LogP contribution in [0.5, 0.6) is 0 Å². The number of anilines is 1. The van der Waals surface area contributed by atoms with E-state index < -0.39 is 0 Å². The molecule has 4 rings (SSSR count). The molecule has 0 radical (unpaired) electrons. The van der Waals surface area contributed by atoms with Crippen molar-refractivity contribution in [1.29, 1.82) is 5.26 Å². The van der Waals surface area contributed by atoms with E-state index in [2.05, 4.69) is 33.0 Å². The average molecular weight is 418 g/mol. The molecule has 1 saturated carbocycles. The van der Waals surface area contributed by atoms with Gasteiger partial charge in [0.1, 0.15) is 5.82 Å². The minimum atomic E-state index is -0.0383. The highest BCUT2D eigenvalue weighted by molar-refractivity contribution is 7.99. The van der Waals surface area contributed by atoms with E-state index in [0.717, 1.165) is 29.5 Å². The first-order valence-corrected chi connectivity index (χ1v) is 11.1. The Bertz CT molecular complexity index is 1020. The number of benzene rings is 2. The fourth-order valence-electron chi connectivity index (χ4n) is 3.34. The maximum atomic E-state index is 13.0. The molecule has 7 heteroatoms. The van der Waals surface area contributed by atoms with Gasteiger partial charge < -0.3 is 9.47 Å². The lowest BCUT2D eigenvalue weighted by Crippen LogP contribution is -2.33. The van der Waals surface area contributed by atoms with E-state index >= 15 is 0 Å². The highest BCUT2D eigenvalue weighted by Gasteiger charge is 2.30. The summed E-state index contributed by atoms with van der Waals surface area (Å²) in [5, 5.41) is 18.6. The summed E-state index contributed by atoms with van der Waals surface area (Å²) >= 11 is 1.41. The number of rotatable bonds is 9. The molecule has 0 bridgehead atoms. The molecule has 0 saturated heterocycles. The SMILES string of the molecule is N#CCCN(C(=O)CSc1nnc(C2CC2)n1Cc1ccccc1)c1ccccc1. The molecule has 6 nitrogen and oxygen atoms in total. The number of para-hydroxylation sites is 1. The molecule has 1 aliphatic rings. The summed E-state index contributed by atoms with van der Waals surface area (Å²) in [6, 6.07) is 21.9. The molecule has 1 fully saturated rings. The second kappa shape index (κ2) is 9.59. The number of carbonyl (C=O) groups is 1. The fourth-order valence-corrected chi connectivity index (χ4v) is 4.16. The number of carbonyl (C=O) groups excluding carboxylic acids is 1. The van der Waals surface area contributed by atoms with Crippen LogP contribution in [0.4, 0.5) is 5.69 Å². The largest absolute Gasteiger partial charge is 0.311 e. The maximum Gasteiger partial charge on any atom is 0.237 e. The van der Waals surface area contributed by atoms with Crippen LogP contribution in [0.25, 0.3) is 0 Å². The number of thioether (sulfide) groups is 1. The standard InChI is InChI=1S/C23H23N5OS/c24-14-7-15-27(20-10-5-2-6-11-20)21(29)17-30-23-26-25-22(19-12-13-19)28(23)16-18-8-3-1-4-9-18/h1-6,8-11,19H,7,12-13,15-17H2. The summed E-state index contributed by atoms with van der Waals surface area (Å²) in [7, 11) is 0. The van der Waals surface area contributed by atoms with E-state index in [1.165, 1.54) is 17.3 Å². The Hall–Kier alpha value is -3.11. The van der Waals surface area contributed by atoms with E-state index in [4.69, 9.17) is 5.26 Å². The second-order valence-corrected chi connectivity index (χ2v) is 8.21. The smallest absolute Gasteiger partial charge is 0.237 e. The zero-order valence-corrected chi connectivity index (χ0v) is 17.5. The molecule has 0 atom stereocenters. The van der Waals surface area contributed by atoms with Crippen molar-refractivity contribution < 1.29 is 4.79 Å². The third kappa shape index (κ3) is 4.89. The van der Waals surface area contributed by atoms with Crippen molar-refractivity contribution in [3.8, 4) is 6.07 Å². The number of amides is 1. The molecule has 1 aliphatic carbocycles. The van der Waals surface area contributed by atoms with Crippen molar-refractivity contribution in [2.75, 3.05) is 17.2 Å². The van der Waals surface area contributed by atoms with E-state index in [0.29, 0.717) is 25.4 Å². The molecule has 2 aromatic carbocycles. The quantitative estimate of drug-likeness (QED) is 0.487. The van der Waals surface area contributed by atoms with Gasteiger partial charge in [0, 0.05) is 18.2 Å². The van der Waals surface area contributed by atoms with Gasteiger partial charge in [0.25, 0.3) is 0 Å². The van der Waals surface area contributed by atoms with Crippen LogP contribution in [0.3, 0.4) is 0 Å². The summed E-state index contributed by atoms with van der Waals surface area (Å²) < 4.78 is 2.15. The molecule has 0 unspecified atom stereocenters. The Balaban J connectivity index is 1.49. The number of nitrogens with zero attached hydrogens (tertiary/aromatic N) is 5.